The first kappa shape index (κ1) is 10.5. The van der Waals surface area contributed by atoms with Crippen LogP contribution in [0.1, 0.15) is 18.7 Å². The summed E-state index contributed by atoms with van der Waals surface area (Å²) in [6.07, 6.45) is 0. The summed E-state index contributed by atoms with van der Waals surface area (Å²) < 4.78 is 12.8. The van der Waals surface area contributed by atoms with Crippen LogP contribution in [0.15, 0.2) is 0 Å². The molecule has 78 valence electrons. The van der Waals surface area contributed by atoms with E-state index in [9.17, 15) is 0 Å². The van der Waals surface area contributed by atoms with E-state index in [2.05, 4.69) is 43.4 Å². The van der Waals surface area contributed by atoms with Gasteiger partial charge < -0.3 is 9.47 Å². The molecule has 0 N–H and O–H groups in total. The molecular weight excluding hydrogens is 311 g/mol. The summed E-state index contributed by atoms with van der Waals surface area (Å²) in [4.78, 5) is 1.21. The molecule has 0 aromatic carbocycles. The summed E-state index contributed by atoms with van der Waals surface area (Å²) in [6, 6.07) is 0. The zero-order chi connectivity index (χ0) is 10.3. The van der Waals surface area contributed by atoms with Crippen LogP contribution in [0.4, 0.5) is 0 Å². The van der Waals surface area contributed by atoms with Gasteiger partial charge in [-0.15, -0.1) is 11.3 Å². The molecule has 4 heteroatoms. The van der Waals surface area contributed by atoms with Crippen molar-refractivity contribution in [1.29, 1.82) is 0 Å². The molecule has 0 aliphatic carbocycles. The lowest BCUT2D eigenvalue weighted by molar-refractivity contribution is 0.139. The zero-order valence-corrected chi connectivity index (χ0v) is 11.5. The molecule has 0 atom stereocenters. The minimum atomic E-state index is 0.103. The van der Waals surface area contributed by atoms with Crippen molar-refractivity contribution in [3.63, 3.8) is 0 Å². The van der Waals surface area contributed by atoms with Gasteiger partial charge in [-0.2, -0.15) is 0 Å². The summed E-state index contributed by atoms with van der Waals surface area (Å²) in [7, 11) is 0. The minimum absolute atomic E-state index is 0.103. The maximum absolute atomic E-state index is 5.80. The highest BCUT2D eigenvalue weighted by atomic mass is 127. The highest BCUT2D eigenvalue weighted by Crippen LogP contribution is 2.45. The summed E-state index contributed by atoms with van der Waals surface area (Å²) >= 11 is 4.04. The number of hydrogen-bond donors (Lipinski definition) is 0. The number of thiophene rings is 1. The molecule has 0 radical (unpaired) electrons. The molecular formula is C10H13IO2S. The molecule has 1 aromatic rings. The number of ether oxygens (including phenoxy) is 2. The summed E-state index contributed by atoms with van der Waals surface area (Å²) in [5.74, 6) is 1.89. The Morgan fingerprint density at radius 2 is 1.79 bits per heavy atom. The average molecular weight is 324 g/mol. The Balaban J connectivity index is 2.35. The molecule has 1 aliphatic rings. The Kier molecular flexibility index (Phi) is 2.68. The molecule has 0 saturated heterocycles. The molecule has 0 spiro atoms. The van der Waals surface area contributed by atoms with Gasteiger partial charge >= 0.3 is 0 Å². The predicted octanol–water partition coefficient (Wildman–Crippen LogP) is 3.46. The summed E-state index contributed by atoms with van der Waals surface area (Å²) in [6.45, 7) is 7.85. The van der Waals surface area contributed by atoms with Gasteiger partial charge in [-0.25, -0.2) is 0 Å². The van der Waals surface area contributed by atoms with Crippen molar-refractivity contribution in [2.45, 2.75) is 20.8 Å². The topological polar surface area (TPSA) is 18.5 Å². The molecule has 0 amide bonds. The lowest BCUT2D eigenvalue weighted by Gasteiger charge is -2.20. The monoisotopic (exact) mass is 324 g/mol. The molecule has 2 nitrogen and oxygen atoms in total. The fraction of sp³-hybridized carbons (Fsp3) is 0.600. The molecule has 0 saturated carbocycles. The third kappa shape index (κ3) is 1.86. The van der Waals surface area contributed by atoms with Gasteiger partial charge in [-0.05, 0) is 29.5 Å². The second-order valence-electron chi connectivity index (χ2n) is 4.33. The van der Waals surface area contributed by atoms with Gasteiger partial charge in [-0.1, -0.05) is 13.8 Å². The van der Waals surface area contributed by atoms with Crippen LogP contribution >= 0.6 is 33.9 Å². The van der Waals surface area contributed by atoms with Gasteiger partial charge in [0.15, 0.2) is 11.5 Å². The number of hydrogen-bond acceptors (Lipinski definition) is 3. The molecule has 2 heterocycles. The van der Waals surface area contributed by atoms with E-state index in [4.69, 9.17) is 9.47 Å². The fourth-order valence-electron chi connectivity index (χ4n) is 1.34. The van der Waals surface area contributed by atoms with Crippen LogP contribution < -0.4 is 9.47 Å². The van der Waals surface area contributed by atoms with Gasteiger partial charge in [0, 0.05) is 10.3 Å². The van der Waals surface area contributed by atoms with Gasteiger partial charge in [0.25, 0.3) is 0 Å². The predicted molar refractivity (Wildman–Crippen MR) is 66.5 cm³/mol. The van der Waals surface area contributed by atoms with Crippen LogP contribution in [0, 0.1) is 15.2 Å². The smallest absolute Gasteiger partial charge is 0.185 e. The van der Waals surface area contributed by atoms with E-state index in [1.807, 2.05) is 0 Å². The molecule has 2 rings (SSSR count). The van der Waals surface area contributed by atoms with E-state index in [0.29, 0.717) is 0 Å². The van der Waals surface area contributed by atoms with Crippen molar-refractivity contribution in [2.75, 3.05) is 13.2 Å². The number of aryl methyl sites for hydroxylation is 1. The van der Waals surface area contributed by atoms with Gasteiger partial charge in [0.1, 0.15) is 2.88 Å². The highest BCUT2D eigenvalue weighted by molar-refractivity contribution is 14.1. The van der Waals surface area contributed by atoms with Crippen LogP contribution in [0.25, 0.3) is 0 Å². The van der Waals surface area contributed by atoms with Gasteiger partial charge in [0.2, 0.25) is 0 Å². The van der Waals surface area contributed by atoms with E-state index in [0.717, 1.165) is 24.7 Å². The van der Waals surface area contributed by atoms with E-state index < -0.39 is 0 Å². The highest BCUT2D eigenvalue weighted by Gasteiger charge is 2.28. The van der Waals surface area contributed by atoms with Crippen molar-refractivity contribution in [3.8, 4) is 11.5 Å². The van der Waals surface area contributed by atoms with Gasteiger partial charge in [0.05, 0.1) is 13.2 Å². The molecule has 1 aliphatic heterocycles. The lowest BCUT2D eigenvalue weighted by Crippen LogP contribution is -2.26. The second kappa shape index (κ2) is 3.56. The largest absolute Gasteiger partial charge is 0.488 e. The first-order valence-electron chi connectivity index (χ1n) is 4.54. The number of halogens is 1. The number of rotatable bonds is 0. The van der Waals surface area contributed by atoms with Crippen LogP contribution in [-0.2, 0) is 0 Å². The van der Waals surface area contributed by atoms with E-state index in [1.165, 1.54) is 7.76 Å². The molecule has 0 unspecified atom stereocenters. The molecule has 0 fully saturated rings. The van der Waals surface area contributed by atoms with E-state index in [1.54, 1.807) is 11.3 Å². The van der Waals surface area contributed by atoms with Crippen molar-refractivity contribution in [3.05, 3.63) is 7.76 Å². The van der Waals surface area contributed by atoms with Crippen LogP contribution in [0.5, 0.6) is 11.5 Å². The van der Waals surface area contributed by atoms with Crippen LogP contribution in [0.3, 0.4) is 0 Å². The Hall–Kier alpha value is 0.0300. The Morgan fingerprint density at radius 1 is 1.21 bits per heavy atom. The van der Waals surface area contributed by atoms with Crippen LogP contribution in [-0.4, -0.2) is 13.2 Å². The quantitative estimate of drug-likeness (QED) is 0.681. The van der Waals surface area contributed by atoms with E-state index in [-0.39, 0.29) is 5.41 Å². The van der Waals surface area contributed by atoms with Crippen molar-refractivity contribution in [1.82, 2.24) is 0 Å². The molecule has 0 bridgehead atoms. The SMILES string of the molecule is Cc1sc(I)c2c1OCC(C)(C)CO2. The standard InChI is InChI=1S/C10H13IO2S/c1-6-7-8(9(11)14-6)13-5-10(2,3)4-12-7/h4-5H2,1-3H3. The van der Waals surface area contributed by atoms with Crippen LogP contribution in [0.2, 0.25) is 0 Å². The Bertz CT molecular complexity index is 327. The second-order valence-corrected chi connectivity index (χ2v) is 7.37. The maximum atomic E-state index is 5.80. The summed E-state index contributed by atoms with van der Waals surface area (Å²) in [5, 5.41) is 0. The van der Waals surface area contributed by atoms with Crippen molar-refractivity contribution < 1.29 is 9.47 Å². The normalized spacial score (nSPS) is 19.1. The third-order valence-corrected chi connectivity index (χ3v) is 4.17. The maximum Gasteiger partial charge on any atom is 0.185 e. The minimum Gasteiger partial charge on any atom is -0.488 e. The average Bonchev–Trinajstić information content (AvgIpc) is 2.26. The third-order valence-electron chi connectivity index (χ3n) is 2.16. The first-order valence-corrected chi connectivity index (χ1v) is 6.44. The molecule has 14 heavy (non-hydrogen) atoms. The van der Waals surface area contributed by atoms with Gasteiger partial charge in [-0.3, -0.25) is 0 Å². The number of fused-ring (bicyclic) bond motifs is 1. The lowest BCUT2D eigenvalue weighted by atomic mass is 9.97. The summed E-state index contributed by atoms with van der Waals surface area (Å²) in [5.41, 5.74) is 0.103. The zero-order valence-electron chi connectivity index (χ0n) is 8.52. The van der Waals surface area contributed by atoms with E-state index >= 15 is 0 Å². The fourth-order valence-corrected chi connectivity index (χ4v) is 3.49. The van der Waals surface area contributed by atoms with Crippen molar-refractivity contribution >= 4 is 33.9 Å². The van der Waals surface area contributed by atoms with Crippen molar-refractivity contribution in [2.24, 2.45) is 5.41 Å². The Morgan fingerprint density at radius 3 is 2.43 bits per heavy atom. The first-order chi connectivity index (χ1) is 6.49. The molecule has 1 aromatic heterocycles. The Labute approximate surface area is 102 Å².